The van der Waals surface area contributed by atoms with E-state index >= 15 is 0 Å². The molecule has 2 aromatic rings. The average Bonchev–Trinajstić information content (AvgIpc) is 3.00. The van der Waals surface area contributed by atoms with Crippen molar-refractivity contribution < 1.29 is 19.1 Å². The lowest BCUT2D eigenvalue weighted by atomic mass is 10.1. The first-order valence-electron chi connectivity index (χ1n) is 9.19. The van der Waals surface area contributed by atoms with E-state index in [0.29, 0.717) is 65.3 Å². The minimum absolute atomic E-state index is 0.128. The molecule has 1 heterocycles. The van der Waals surface area contributed by atoms with Gasteiger partial charge in [0, 0.05) is 42.8 Å². The second kappa shape index (κ2) is 9.37. The summed E-state index contributed by atoms with van der Waals surface area (Å²) >= 11 is 12.2. The lowest BCUT2D eigenvalue weighted by Crippen LogP contribution is -2.37. The van der Waals surface area contributed by atoms with Crippen molar-refractivity contribution in [2.45, 2.75) is 6.42 Å². The summed E-state index contributed by atoms with van der Waals surface area (Å²) in [5, 5.41) is 0.816. The predicted molar refractivity (Wildman–Crippen MR) is 112 cm³/mol. The highest BCUT2D eigenvalue weighted by Crippen LogP contribution is 2.25. The van der Waals surface area contributed by atoms with Crippen LogP contribution in [-0.2, 0) is 0 Å². The van der Waals surface area contributed by atoms with Crippen molar-refractivity contribution in [1.29, 1.82) is 0 Å². The molecule has 2 amide bonds. The van der Waals surface area contributed by atoms with Gasteiger partial charge in [0.1, 0.15) is 11.5 Å². The summed E-state index contributed by atoms with van der Waals surface area (Å²) in [7, 11) is 3.08. The summed E-state index contributed by atoms with van der Waals surface area (Å²) in [5.74, 6) is 0.789. The zero-order valence-corrected chi connectivity index (χ0v) is 17.8. The molecule has 2 aromatic carbocycles. The van der Waals surface area contributed by atoms with Crippen molar-refractivity contribution in [2.75, 3.05) is 40.4 Å². The van der Waals surface area contributed by atoms with Crippen LogP contribution in [0.2, 0.25) is 10.0 Å². The van der Waals surface area contributed by atoms with Crippen LogP contribution < -0.4 is 9.47 Å². The summed E-state index contributed by atoms with van der Waals surface area (Å²) in [4.78, 5) is 29.3. The van der Waals surface area contributed by atoms with E-state index in [9.17, 15) is 9.59 Å². The third-order valence-electron chi connectivity index (χ3n) is 4.83. The Balaban J connectivity index is 1.73. The molecule has 0 bridgehead atoms. The van der Waals surface area contributed by atoms with E-state index in [0.717, 1.165) is 0 Å². The third kappa shape index (κ3) is 4.95. The summed E-state index contributed by atoms with van der Waals surface area (Å²) in [6, 6.07) is 9.92. The van der Waals surface area contributed by atoms with E-state index in [1.165, 1.54) is 0 Å². The van der Waals surface area contributed by atoms with E-state index in [-0.39, 0.29) is 11.8 Å². The monoisotopic (exact) mass is 436 g/mol. The molecule has 1 aliphatic rings. The van der Waals surface area contributed by atoms with Crippen molar-refractivity contribution in [3.63, 3.8) is 0 Å². The number of carbonyl (C=O) groups excluding carboxylic acids is 2. The highest BCUT2D eigenvalue weighted by molar-refractivity contribution is 6.35. The second-order valence-corrected chi connectivity index (χ2v) is 7.51. The number of nitrogens with zero attached hydrogens (tertiary/aromatic N) is 2. The van der Waals surface area contributed by atoms with Crippen LogP contribution in [0.1, 0.15) is 27.1 Å². The topological polar surface area (TPSA) is 59.1 Å². The normalized spacial score (nSPS) is 14.3. The molecule has 1 aliphatic heterocycles. The zero-order valence-electron chi connectivity index (χ0n) is 16.3. The quantitative estimate of drug-likeness (QED) is 0.726. The van der Waals surface area contributed by atoms with Crippen LogP contribution in [0.15, 0.2) is 36.4 Å². The van der Waals surface area contributed by atoms with Gasteiger partial charge in [-0.3, -0.25) is 9.59 Å². The van der Waals surface area contributed by atoms with Crippen molar-refractivity contribution in [3.8, 4) is 11.5 Å². The van der Waals surface area contributed by atoms with Gasteiger partial charge >= 0.3 is 0 Å². The van der Waals surface area contributed by atoms with Gasteiger partial charge < -0.3 is 19.3 Å². The number of halogens is 2. The Morgan fingerprint density at radius 3 is 2.00 bits per heavy atom. The molecular formula is C21H22Cl2N2O4. The summed E-state index contributed by atoms with van der Waals surface area (Å²) in [6.45, 7) is 1.91. The predicted octanol–water partition coefficient (Wildman–Crippen LogP) is 4.00. The lowest BCUT2D eigenvalue weighted by molar-refractivity contribution is 0.0718. The fourth-order valence-corrected chi connectivity index (χ4v) is 3.64. The molecule has 0 atom stereocenters. The highest BCUT2D eigenvalue weighted by atomic mass is 35.5. The van der Waals surface area contributed by atoms with Crippen LogP contribution >= 0.6 is 23.2 Å². The maximum atomic E-state index is 13.0. The maximum Gasteiger partial charge on any atom is 0.255 e. The number of amides is 2. The minimum atomic E-state index is -0.185. The van der Waals surface area contributed by atoms with Gasteiger partial charge in [0.15, 0.2) is 0 Å². The number of carbonyl (C=O) groups is 2. The first kappa shape index (κ1) is 21.3. The molecule has 0 radical (unpaired) electrons. The maximum absolute atomic E-state index is 13.0. The number of hydrogen-bond donors (Lipinski definition) is 0. The molecule has 6 nitrogen and oxygen atoms in total. The van der Waals surface area contributed by atoms with Crippen LogP contribution in [0.3, 0.4) is 0 Å². The summed E-state index contributed by atoms with van der Waals surface area (Å²) in [6.07, 6.45) is 0.663. The standard InChI is InChI=1S/C21H22Cl2N2O4/c1-28-16-10-14(11-17(13-16)29-2)20(26)24-6-3-7-25(9-8-24)21(27)18-12-15(22)4-5-19(18)23/h4-5,10-13H,3,6-9H2,1-2H3. The Hall–Kier alpha value is -2.44. The molecule has 0 spiro atoms. The number of methoxy groups -OCH3 is 2. The van der Waals surface area contributed by atoms with E-state index in [2.05, 4.69) is 0 Å². The minimum Gasteiger partial charge on any atom is -0.497 e. The molecule has 8 heteroatoms. The van der Waals surface area contributed by atoms with Gasteiger partial charge in [-0.15, -0.1) is 0 Å². The molecule has 0 unspecified atom stereocenters. The molecule has 1 fully saturated rings. The molecule has 0 aliphatic carbocycles. The van der Waals surface area contributed by atoms with Gasteiger partial charge in [-0.05, 0) is 36.8 Å². The van der Waals surface area contributed by atoms with Crippen molar-refractivity contribution in [2.24, 2.45) is 0 Å². The SMILES string of the molecule is COc1cc(OC)cc(C(=O)N2CCCN(C(=O)c3cc(Cl)ccc3Cl)CC2)c1. The Morgan fingerprint density at radius 2 is 1.41 bits per heavy atom. The number of benzene rings is 2. The Kier molecular flexibility index (Phi) is 6.87. The summed E-state index contributed by atoms with van der Waals surface area (Å²) in [5.41, 5.74) is 0.857. The molecule has 29 heavy (non-hydrogen) atoms. The molecule has 154 valence electrons. The first-order chi connectivity index (χ1) is 13.9. The lowest BCUT2D eigenvalue weighted by Gasteiger charge is -2.23. The third-order valence-corrected chi connectivity index (χ3v) is 5.39. The highest BCUT2D eigenvalue weighted by Gasteiger charge is 2.25. The van der Waals surface area contributed by atoms with Crippen molar-refractivity contribution in [3.05, 3.63) is 57.6 Å². The van der Waals surface area contributed by atoms with Crippen LogP contribution in [0.4, 0.5) is 0 Å². The summed E-state index contributed by atoms with van der Waals surface area (Å²) < 4.78 is 10.5. The van der Waals surface area contributed by atoms with Gasteiger partial charge in [-0.2, -0.15) is 0 Å². The smallest absolute Gasteiger partial charge is 0.255 e. The van der Waals surface area contributed by atoms with E-state index < -0.39 is 0 Å². The van der Waals surface area contributed by atoms with Gasteiger partial charge in [0.2, 0.25) is 0 Å². The fourth-order valence-electron chi connectivity index (χ4n) is 3.27. The second-order valence-electron chi connectivity index (χ2n) is 6.66. The van der Waals surface area contributed by atoms with Crippen LogP contribution in [0.25, 0.3) is 0 Å². The number of ether oxygens (including phenoxy) is 2. The Bertz CT molecular complexity index is 897. The Labute approximate surface area is 179 Å². The molecular weight excluding hydrogens is 415 g/mol. The van der Waals surface area contributed by atoms with Crippen molar-refractivity contribution in [1.82, 2.24) is 9.80 Å². The molecule has 0 N–H and O–H groups in total. The van der Waals surface area contributed by atoms with Gasteiger partial charge in [0.25, 0.3) is 11.8 Å². The zero-order chi connectivity index (χ0) is 21.0. The van der Waals surface area contributed by atoms with E-state index in [1.54, 1.807) is 60.4 Å². The Morgan fingerprint density at radius 1 is 0.828 bits per heavy atom. The van der Waals surface area contributed by atoms with Gasteiger partial charge in [-0.1, -0.05) is 23.2 Å². The average molecular weight is 437 g/mol. The van der Waals surface area contributed by atoms with E-state index in [1.807, 2.05) is 0 Å². The van der Waals surface area contributed by atoms with Crippen LogP contribution in [-0.4, -0.2) is 62.0 Å². The number of rotatable bonds is 4. The number of hydrogen-bond acceptors (Lipinski definition) is 4. The molecule has 0 aromatic heterocycles. The largest absolute Gasteiger partial charge is 0.497 e. The van der Waals surface area contributed by atoms with Crippen molar-refractivity contribution >= 4 is 35.0 Å². The van der Waals surface area contributed by atoms with Gasteiger partial charge in [-0.25, -0.2) is 0 Å². The van der Waals surface area contributed by atoms with Crippen LogP contribution in [0, 0.1) is 0 Å². The molecule has 0 saturated carbocycles. The fraction of sp³-hybridized carbons (Fsp3) is 0.333. The van der Waals surface area contributed by atoms with Gasteiger partial charge in [0.05, 0.1) is 24.8 Å². The van der Waals surface area contributed by atoms with Crippen LogP contribution in [0.5, 0.6) is 11.5 Å². The van der Waals surface area contributed by atoms with E-state index in [4.69, 9.17) is 32.7 Å². The first-order valence-corrected chi connectivity index (χ1v) is 9.95. The molecule has 1 saturated heterocycles. The molecule has 3 rings (SSSR count).